The summed E-state index contributed by atoms with van der Waals surface area (Å²) in [6.07, 6.45) is -4.27. The van der Waals surface area contributed by atoms with Gasteiger partial charge in [-0.3, -0.25) is 9.69 Å². The number of rotatable bonds is 12. The molecule has 3 rings (SSSR count). The molecular weight excluding hydrogens is 736 g/mol. The smallest absolute Gasteiger partial charge is 0.311 e. The van der Waals surface area contributed by atoms with E-state index in [9.17, 15) is 25.2 Å². The Morgan fingerprint density at radius 3 is 2.16 bits per heavy atom. The van der Waals surface area contributed by atoms with Gasteiger partial charge in [0.2, 0.25) is 0 Å². The number of nitrogens with zero attached hydrogens (tertiary/aromatic N) is 2. The highest BCUT2D eigenvalue weighted by Crippen LogP contribution is 2.41. The van der Waals surface area contributed by atoms with Gasteiger partial charge < -0.3 is 58.5 Å². The lowest BCUT2D eigenvalue weighted by Crippen LogP contribution is -2.61. The molecule has 0 radical (unpaired) electrons. The first kappa shape index (κ1) is 49.8. The van der Waals surface area contributed by atoms with Crippen molar-refractivity contribution in [1.29, 1.82) is 0 Å². The molecule has 332 valence electrons. The molecule has 14 heteroatoms. The zero-order chi connectivity index (χ0) is 43.2. The third kappa shape index (κ3) is 11.6. The molecule has 57 heavy (non-hydrogen) atoms. The SMILES string of the molecule is C=CCO[C@]1(C)C[C@@H](C)CN(CC=C)[C@H](C)[C@@H](O)[C@](C)(O)[C@@H](CC)OC(=O)[C@H](C)[C@@H](O[C@H]2C[C@@](C)(OC)[C@@H](O)[C@H](C)O2)[C@H](C)[C@H]1O[C@@H]1O[C@H](C)C[C@H](N(C)C)[C@H]1O. The van der Waals surface area contributed by atoms with E-state index >= 15 is 0 Å². The summed E-state index contributed by atoms with van der Waals surface area (Å²) in [5.41, 5.74) is -3.95. The number of hydrogen-bond donors (Lipinski definition) is 4. The number of methoxy groups -OCH3 is 1. The van der Waals surface area contributed by atoms with Gasteiger partial charge in [0.15, 0.2) is 12.6 Å². The average Bonchev–Trinajstić information content (AvgIpc) is 3.15. The topological polar surface area (TPSA) is 169 Å². The van der Waals surface area contributed by atoms with Crippen molar-refractivity contribution in [2.24, 2.45) is 17.8 Å². The fourth-order valence-corrected chi connectivity index (χ4v) is 9.37. The zero-order valence-corrected chi connectivity index (χ0v) is 37.1. The number of likely N-dealkylation sites (N-methyl/N-ethyl adjacent to an activating group) is 1. The molecule has 0 saturated carbocycles. The number of esters is 1. The van der Waals surface area contributed by atoms with Crippen molar-refractivity contribution in [3.8, 4) is 0 Å². The van der Waals surface area contributed by atoms with Gasteiger partial charge in [-0.2, -0.15) is 0 Å². The van der Waals surface area contributed by atoms with E-state index in [1.165, 1.54) is 14.0 Å². The van der Waals surface area contributed by atoms with Crippen LogP contribution in [0, 0.1) is 17.8 Å². The summed E-state index contributed by atoms with van der Waals surface area (Å²) in [5.74, 6) is -2.40. The van der Waals surface area contributed by atoms with Crippen molar-refractivity contribution in [1.82, 2.24) is 9.80 Å². The number of carbonyl (C=O) groups is 1. The highest BCUT2D eigenvalue weighted by molar-refractivity contribution is 5.73. The molecular formula is C43H78N2O12. The second kappa shape index (κ2) is 20.8. The minimum atomic E-state index is -1.83. The summed E-state index contributed by atoms with van der Waals surface area (Å²) in [6.45, 7) is 27.2. The predicted octanol–water partition coefficient (Wildman–Crippen LogP) is 3.67. The summed E-state index contributed by atoms with van der Waals surface area (Å²) in [7, 11) is 5.35. The van der Waals surface area contributed by atoms with Crippen molar-refractivity contribution in [2.75, 3.05) is 40.9 Å². The van der Waals surface area contributed by atoms with Gasteiger partial charge >= 0.3 is 5.97 Å². The maximum absolute atomic E-state index is 14.5. The Morgan fingerprint density at radius 2 is 1.60 bits per heavy atom. The van der Waals surface area contributed by atoms with Gasteiger partial charge in [0.25, 0.3) is 0 Å². The van der Waals surface area contributed by atoms with E-state index in [2.05, 4.69) is 20.1 Å². The molecule has 0 aromatic rings. The number of aliphatic hydroxyl groups is 4. The van der Waals surface area contributed by atoms with Crippen LogP contribution in [0.2, 0.25) is 0 Å². The Balaban J connectivity index is 2.30. The van der Waals surface area contributed by atoms with Crippen LogP contribution in [0.1, 0.15) is 94.9 Å². The highest BCUT2D eigenvalue weighted by atomic mass is 16.7. The van der Waals surface area contributed by atoms with E-state index in [1.54, 1.807) is 39.8 Å². The van der Waals surface area contributed by atoms with Gasteiger partial charge in [-0.1, -0.05) is 32.9 Å². The summed E-state index contributed by atoms with van der Waals surface area (Å²) in [6, 6.07) is -0.824. The van der Waals surface area contributed by atoms with Gasteiger partial charge in [0.1, 0.15) is 30.0 Å². The monoisotopic (exact) mass is 815 g/mol. The molecule has 0 spiro atoms. The van der Waals surface area contributed by atoms with Crippen LogP contribution >= 0.6 is 0 Å². The molecule has 0 aliphatic carbocycles. The maximum Gasteiger partial charge on any atom is 0.311 e. The predicted molar refractivity (Wildman–Crippen MR) is 217 cm³/mol. The second-order valence-corrected chi connectivity index (χ2v) is 18.0. The van der Waals surface area contributed by atoms with Crippen LogP contribution in [-0.4, -0.2) is 167 Å². The molecule has 0 unspecified atom stereocenters. The molecule has 3 aliphatic rings. The number of hydrogen-bond acceptors (Lipinski definition) is 14. The Bertz CT molecular complexity index is 1290. The van der Waals surface area contributed by atoms with E-state index < -0.39 is 96.0 Å². The largest absolute Gasteiger partial charge is 0.459 e. The van der Waals surface area contributed by atoms with Crippen LogP contribution in [0.5, 0.6) is 0 Å². The molecule has 3 saturated heterocycles. The molecule has 0 aromatic heterocycles. The third-order valence-electron chi connectivity index (χ3n) is 12.9. The minimum Gasteiger partial charge on any atom is -0.459 e. The normalized spacial score (nSPS) is 46.1. The molecule has 18 atom stereocenters. The number of cyclic esters (lactones) is 1. The zero-order valence-electron chi connectivity index (χ0n) is 37.1. The molecule has 0 bridgehead atoms. The van der Waals surface area contributed by atoms with E-state index in [-0.39, 0.29) is 37.5 Å². The van der Waals surface area contributed by atoms with E-state index in [0.717, 1.165) is 0 Å². The second-order valence-electron chi connectivity index (χ2n) is 18.0. The van der Waals surface area contributed by atoms with Crippen LogP contribution < -0.4 is 0 Å². The lowest BCUT2D eigenvalue weighted by atomic mass is 9.77. The van der Waals surface area contributed by atoms with Crippen LogP contribution in [0.3, 0.4) is 0 Å². The quantitative estimate of drug-likeness (QED) is 0.166. The Hall–Kier alpha value is -1.53. The lowest BCUT2D eigenvalue weighted by Gasteiger charge is -2.50. The minimum absolute atomic E-state index is 0.0866. The first-order valence-corrected chi connectivity index (χ1v) is 20.9. The first-order valence-electron chi connectivity index (χ1n) is 20.9. The molecule has 3 fully saturated rings. The van der Waals surface area contributed by atoms with E-state index in [0.29, 0.717) is 25.9 Å². The van der Waals surface area contributed by atoms with Crippen LogP contribution in [-0.2, 0) is 38.0 Å². The average molecular weight is 815 g/mol. The van der Waals surface area contributed by atoms with Crippen molar-refractivity contribution in [3.05, 3.63) is 25.3 Å². The molecule has 0 aromatic carbocycles. The highest BCUT2D eigenvalue weighted by Gasteiger charge is 2.53. The third-order valence-corrected chi connectivity index (χ3v) is 12.9. The van der Waals surface area contributed by atoms with Crippen molar-refractivity contribution in [3.63, 3.8) is 0 Å². The van der Waals surface area contributed by atoms with Crippen molar-refractivity contribution < 1.29 is 58.4 Å². The van der Waals surface area contributed by atoms with Crippen LogP contribution in [0.4, 0.5) is 0 Å². The van der Waals surface area contributed by atoms with Gasteiger partial charge in [-0.05, 0) is 87.7 Å². The molecule has 3 heterocycles. The van der Waals surface area contributed by atoms with Gasteiger partial charge in [-0.15, -0.1) is 13.2 Å². The molecule has 4 N–H and O–H groups in total. The maximum atomic E-state index is 14.5. The van der Waals surface area contributed by atoms with Gasteiger partial charge in [-0.25, -0.2) is 0 Å². The Morgan fingerprint density at radius 1 is 0.947 bits per heavy atom. The van der Waals surface area contributed by atoms with Gasteiger partial charge in [0.05, 0.1) is 48.1 Å². The summed E-state index contributed by atoms with van der Waals surface area (Å²) in [4.78, 5) is 18.5. The number of aliphatic hydroxyl groups excluding tert-OH is 3. The summed E-state index contributed by atoms with van der Waals surface area (Å²) < 4.78 is 45.2. The van der Waals surface area contributed by atoms with Crippen molar-refractivity contribution in [2.45, 2.75) is 185 Å². The van der Waals surface area contributed by atoms with Crippen LogP contribution in [0.15, 0.2) is 25.3 Å². The number of carbonyl (C=O) groups excluding carboxylic acids is 1. The summed E-state index contributed by atoms with van der Waals surface area (Å²) >= 11 is 0. The van der Waals surface area contributed by atoms with Gasteiger partial charge in [0, 0.05) is 44.6 Å². The van der Waals surface area contributed by atoms with E-state index in [4.69, 9.17) is 33.2 Å². The van der Waals surface area contributed by atoms with Crippen LogP contribution in [0.25, 0.3) is 0 Å². The first-order chi connectivity index (χ1) is 26.5. The molecule has 14 nitrogen and oxygen atoms in total. The van der Waals surface area contributed by atoms with E-state index in [1.807, 2.05) is 51.6 Å². The Kier molecular flexibility index (Phi) is 18.2. The standard InChI is InChI=1S/C43H78N2O12/c1-16-19-45-24-25(4)22-42(11,52-20-17-2)38(57-40-34(46)31(44(13)14)21-26(5)53-40)27(6)35(56-33-23-41(10,51-15)37(48)30(9)54-33)28(7)39(49)55-32(18-3)43(12,50)36(47)29(45)8/h16-17,25-38,40,46-48,50H,1-2,18-24H2,3-15H3/t25-,26-,27+,28-,29-,30+,31+,32-,33+,34-,35+,36-,37+,38-,40+,41-,42-,43-/m1/s1. The fourth-order valence-electron chi connectivity index (χ4n) is 9.37. The molecule has 0 amide bonds. The Labute approximate surface area is 342 Å². The lowest BCUT2D eigenvalue weighted by molar-refractivity contribution is -0.320. The summed E-state index contributed by atoms with van der Waals surface area (Å²) in [5, 5.41) is 46.6. The van der Waals surface area contributed by atoms with Crippen molar-refractivity contribution >= 4 is 5.97 Å². The number of ether oxygens (including phenoxy) is 7. The molecule has 3 aliphatic heterocycles. The fraction of sp³-hybridized carbons (Fsp3) is 0.884.